The molecule has 0 fully saturated rings. The minimum Gasteiger partial charge on any atom is -0.235 e. The summed E-state index contributed by atoms with van der Waals surface area (Å²) in [5.41, 5.74) is 0. The third-order valence-electron chi connectivity index (χ3n) is 2.21. The summed E-state index contributed by atoms with van der Waals surface area (Å²) in [6.45, 7) is 4.51. The maximum atomic E-state index is 12.1. The van der Waals surface area contributed by atoms with E-state index in [2.05, 4.69) is 60.7 Å². The lowest BCUT2D eigenvalue weighted by atomic mass is 10.1. The summed E-state index contributed by atoms with van der Waals surface area (Å²) in [6.07, 6.45) is 0.896. The van der Waals surface area contributed by atoms with Gasteiger partial charge in [-0.3, -0.25) is 0 Å². The van der Waals surface area contributed by atoms with Gasteiger partial charge in [-0.25, -0.2) is 17.8 Å². The van der Waals surface area contributed by atoms with Gasteiger partial charge in [-0.2, -0.15) is 0 Å². The van der Waals surface area contributed by atoms with Crippen LogP contribution in [-0.4, -0.2) is 34.8 Å². The van der Waals surface area contributed by atoms with E-state index in [9.17, 15) is 8.42 Å². The Morgan fingerprint density at radius 3 is 2.50 bits per heavy atom. The second-order valence-electron chi connectivity index (χ2n) is 4.39. The number of alkyl halides is 1. The van der Waals surface area contributed by atoms with E-state index < -0.39 is 10.0 Å². The largest absolute Gasteiger partial charge is 0.260 e. The smallest absolute Gasteiger partial charge is 0.235 e. The van der Waals surface area contributed by atoms with Crippen LogP contribution in [0.2, 0.25) is 0 Å². The maximum absolute atomic E-state index is 12.1. The molecule has 0 aromatic carbocycles. The van der Waals surface area contributed by atoms with Crippen LogP contribution < -0.4 is 4.72 Å². The Kier molecular flexibility index (Phi) is 5.75. The Hall–Kier alpha value is 0.0100. The highest BCUT2D eigenvalue weighted by atomic mass is 79.9. The molecule has 0 spiro atoms. The molecule has 1 rings (SSSR count). The molecule has 9 heteroatoms. The van der Waals surface area contributed by atoms with Gasteiger partial charge in [0.15, 0.2) is 4.60 Å². The minimum absolute atomic E-state index is 0.0340. The molecular weight excluding hydrogens is 388 g/mol. The van der Waals surface area contributed by atoms with Gasteiger partial charge < -0.3 is 0 Å². The van der Waals surface area contributed by atoms with Crippen LogP contribution in [0, 0.1) is 5.92 Å². The lowest BCUT2D eigenvalue weighted by Crippen LogP contribution is -2.31. The van der Waals surface area contributed by atoms with Gasteiger partial charge in [0.2, 0.25) is 5.03 Å². The third-order valence-corrected chi connectivity index (χ3v) is 5.22. The standard InChI is InChI=1S/C9H16Br2N4O2S/c1-6(2)4-7(10)5-12-18(16,17)9-8(11)13-14-15(9)3/h6-7,12H,4-5H2,1-3H3. The van der Waals surface area contributed by atoms with E-state index in [0.717, 1.165) is 6.42 Å². The molecule has 1 atom stereocenters. The fourth-order valence-corrected chi connectivity index (χ4v) is 4.77. The molecule has 18 heavy (non-hydrogen) atoms. The Bertz CT molecular complexity index is 481. The quantitative estimate of drug-likeness (QED) is 0.732. The number of rotatable bonds is 6. The van der Waals surface area contributed by atoms with Gasteiger partial charge >= 0.3 is 0 Å². The average Bonchev–Trinajstić information content (AvgIpc) is 2.55. The lowest BCUT2D eigenvalue weighted by molar-refractivity contribution is 0.541. The number of hydrogen-bond acceptors (Lipinski definition) is 4. The van der Waals surface area contributed by atoms with Crippen molar-refractivity contribution in [1.82, 2.24) is 19.7 Å². The van der Waals surface area contributed by atoms with Gasteiger partial charge in [0.25, 0.3) is 10.0 Å². The normalized spacial score (nSPS) is 14.1. The van der Waals surface area contributed by atoms with Crippen molar-refractivity contribution in [3.63, 3.8) is 0 Å². The molecule has 0 amide bonds. The van der Waals surface area contributed by atoms with Gasteiger partial charge in [-0.15, -0.1) is 5.10 Å². The molecule has 0 saturated heterocycles. The molecule has 6 nitrogen and oxygen atoms in total. The predicted molar refractivity (Wildman–Crippen MR) is 76.1 cm³/mol. The van der Waals surface area contributed by atoms with Gasteiger partial charge in [0.05, 0.1) is 0 Å². The Morgan fingerprint density at radius 1 is 1.44 bits per heavy atom. The van der Waals surface area contributed by atoms with Crippen molar-refractivity contribution in [2.24, 2.45) is 13.0 Å². The number of nitrogens with zero attached hydrogens (tertiary/aromatic N) is 3. The summed E-state index contributed by atoms with van der Waals surface area (Å²) in [5, 5.41) is 7.34. The van der Waals surface area contributed by atoms with Gasteiger partial charge in [-0.1, -0.05) is 35.0 Å². The minimum atomic E-state index is -3.60. The number of nitrogens with one attached hydrogen (secondary N) is 1. The van der Waals surface area contributed by atoms with Crippen molar-refractivity contribution >= 4 is 41.9 Å². The average molecular weight is 404 g/mol. The molecule has 0 radical (unpaired) electrons. The van der Waals surface area contributed by atoms with E-state index in [0.29, 0.717) is 12.5 Å². The van der Waals surface area contributed by atoms with E-state index in [1.165, 1.54) is 11.7 Å². The molecule has 1 N–H and O–H groups in total. The van der Waals surface area contributed by atoms with Crippen molar-refractivity contribution in [2.75, 3.05) is 6.54 Å². The van der Waals surface area contributed by atoms with Crippen molar-refractivity contribution in [2.45, 2.75) is 30.1 Å². The van der Waals surface area contributed by atoms with E-state index >= 15 is 0 Å². The van der Waals surface area contributed by atoms with Crippen LogP contribution in [0.15, 0.2) is 9.63 Å². The third kappa shape index (κ3) is 4.29. The number of hydrogen-bond donors (Lipinski definition) is 1. The molecular formula is C9H16Br2N4O2S. The van der Waals surface area contributed by atoms with E-state index in [4.69, 9.17) is 0 Å². The summed E-state index contributed by atoms with van der Waals surface area (Å²) < 4.78 is 28.1. The van der Waals surface area contributed by atoms with Gasteiger partial charge in [-0.05, 0) is 28.3 Å². The highest BCUT2D eigenvalue weighted by Crippen LogP contribution is 2.18. The van der Waals surface area contributed by atoms with Crippen LogP contribution in [0.3, 0.4) is 0 Å². The fraction of sp³-hybridized carbons (Fsp3) is 0.778. The highest BCUT2D eigenvalue weighted by molar-refractivity contribution is 9.10. The Balaban J connectivity index is 2.72. The molecule has 0 aliphatic rings. The highest BCUT2D eigenvalue weighted by Gasteiger charge is 2.24. The first kappa shape index (κ1) is 16.1. The number of aromatic nitrogens is 3. The van der Waals surface area contributed by atoms with Crippen LogP contribution in [0.1, 0.15) is 20.3 Å². The van der Waals surface area contributed by atoms with E-state index in [1.807, 2.05) is 0 Å². The fourth-order valence-electron chi connectivity index (χ4n) is 1.47. The Labute approximate surface area is 124 Å². The monoisotopic (exact) mass is 402 g/mol. The van der Waals surface area contributed by atoms with Gasteiger partial charge in [0, 0.05) is 18.4 Å². The molecule has 1 aromatic rings. The number of halogens is 2. The Morgan fingerprint density at radius 2 is 2.06 bits per heavy atom. The van der Waals surface area contributed by atoms with Crippen LogP contribution in [0.5, 0.6) is 0 Å². The molecule has 1 heterocycles. The first-order valence-electron chi connectivity index (χ1n) is 5.43. The number of sulfonamides is 1. The molecule has 0 saturated carbocycles. The molecule has 0 aliphatic carbocycles. The SMILES string of the molecule is CC(C)CC(Br)CNS(=O)(=O)c1c(Br)nnn1C. The molecule has 104 valence electrons. The molecule has 0 aliphatic heterocycles. The summed E-state index contributed by atoms with van der Waals surface area (Å²) in [7, 11) is -2.06. The zero-order chi connectivity index (χ0) is 13.9. The summed E-state index contributed by atoms with van der Waals surface area (Å²) >= 11 is 6.53. The molecule has 1 unspecified atom stereocenters. The van der Waals surface area contributed by atoms with E-state index in [-0.39, 0.29) is 14.5 Å². The summed E-state index contributed by atoms with van der Waals surface area (Å²) in [4.78, 5) is 0.104. The van der Waals surface area contributed by atoms with Crippen LogP contribution >= 0.6 is 31.9 Å². The predicted octanol–water partition coefficient (Wildman–Crippen LogP) is 1.67. The second kappa shape index (κ2) is 6.44. The summed E-state index contributed by atoms with van der Waals surface area (Å²) in [5.74, 6) is 0.504. The van der Waals surface area contributed by atoms with E-state index in [1.54, 1.807) is 0 Å². The maximum Gasteiger partial charge on any atom is 0.260 e. The number of aryl methyl sites for hydroxylation is 1. The first-order valence-corrected chi connectivity index (χ1v) is 8.62. The van der Waals surface area contributed by atoms with Gasteiger partial charge in [0.1, 0.15) is 0 Å². The summed E-state index contributed by atoms with van der Waals surface area (Å²) in [6, 6.07) is 0. The molecule has 1 aromatic heterocycles. The second-order valence-corrected chi connectivity index (χ2v) is 8.12. The van der Waals surface area contributed by atoms with Crippen molar-refractivity contribution < 1.29 is 8.42 Å². The first-order chi connectivity index (χ1) is 8.24. The van der Waals surface area contributed by atoms with Crippen molar-refractivity contribution in [1.29, 1.82) is 0 Å². The lowest BCUT2D eigenvalue weighted by Gasteiger charge is -2.13. The topological polar surface area (TPSA) is 76.9 Å². The zero-order valence-electron chi connectivity index (χ0n) is 10.4. The zero-order valence-corrected chi connectivity index (χ0v) is 14.4. The molecule has 0 bridgehead atoms. The van der Waals surface area contributed by atoms with Crippen LogP contribution in [0.4, 0.5) is 0 Å². The van der Waals surface area contributed by atoms with Crippen molar-refractivity contribution in [3.8, 4) is 0 Å². The van der Waals surface area contributed by atoms with Crippen LogP contribution in [-0.2, 0) is 17.1 Å². The van der Waals surface area contributed by atoms with Crippen molar-refractivity contribution in [3.05, 3.63) is 4.60 Å². The van der Waals surface area contributed by atoms with Crippen LogP contribution in [0.25, 0.3) is 0 Å².